The van der Waals surface area contributed by atoms with E-state index in [1.54, 1.807) is 0 Å². The predicted octanol–water partition coefficient (Wildman–Crippen LogP) is 4.25. The fourth-order valence-corrected chi connectivity index (χ4v) is 2.01. The van der Waals surface area contributed by atoms with Crippen LogP contribution in [0.5, 0.6) is 0 Å². The van der Waals surface area contributed by atoms with Crippen molar-refractivity contribution in [3.8, 4) is 0 Å². The van der Waals surface area contributed by atoms with Crippen molar-refractivity contribution < 1.29 is 9.90 Å². The molecule has 0 aliphatic heterocycles. The number of anilines is 2. The third-order valence-corrected chi connectivity index (χ3v) is 3.55. The smallest absolute Gasteiger partial charge is 0.335 e. The van der Waals surface area contributed by atoms with Gasteiger partial charge in [-0.05, 0) is 42.8 Å². The molecule has 2 N–H and O–H groups in total. The van der Waals surface area contributed by atoms with Crippen LogP contribution in [0.3, 0.4) is 0 Å². The minimum atomic E-state index is -1.04. The molecule has 0 radical (unpaired) electrons. The maximum absolute atomic E-state index is 10.9. The number of aromatic nitrogens is 1. The van der Waals surface area contributed by atoms with Gasteiger partial charge in [0.05, 0.1) is 5.56 Å². The van der Waals surface area contributed by atoms with Crippen molar-refractivity contribution in [2.75, 3.05) is 5.32 Å². The maximum Gasteiger partial charge on any atom is 0.335 e. The summed E-state index contributed by atoms with van der Waals surface area (Å²) < 4.78 is 1.00. The molecule has 0 saturated heterocycles. The molecule has 6 heteroatoms. The molecule has 1 aromatic heterocycles. The molecule has 0 amide bonds. The van der Waals surface area contributed by atoms with Gasteiger partial charge in [0.15, 0.2) is 0 Å². The third-order valence-electron chi connectivity index (χ3n) is 2.47. The number of carboxylic acid groups (broad SMARTS) is 1. The second-order valence-electron chi connectivity index (χ2n) is 3.96. The van der Waals surface area contributed by atoms with Gasteiger partial charge in [-0.25, -0.2) is 9.78 Å². The summed E-state index contributed by atoms with van der Waals surface area (Å²) in [5.41, 5.74) is 1.97. The highest BCUT2D eigenvalue weighted by molar-refractivity contribution is 9.10. The van der Waals surface area contributed by atoms with Gasteiger partial charge in [-0.1, -0.05) is 27.5 Å². The van der Waals surface area contributed by atoms with Crippen LogP contribution >= 0.6 is 27.5 Å². The van der Waals surface area contributed by atoms with Gasteiger partial charge >= 0.3 is 5.97 Å². The number of carboxylic acids is 1. The van der Waals surface area contributed by atoms with Gasteiger partial charge in [-0.2, -0.15) is 0 Å². The molecule has 0 fully saturated rings. The van der Waals surface area contributed by atoms with Crippen LogP contribution in [-0.2, 0) is 0 Å². The second-order valence-corrected chi connectivity index (χ2v) is 5.20. The fraction of sp³-hybridized carbons (Fsp3) is 0.0769. The molecule has 0 saturated carbocycles. The summed E-state index contributed by atoms with van der Waals surface area (Å²) in [4.78, 5) is 15.0. The number of halogens is 2. The molecule has 2 aromatic rings. The number of hydrogen-bond donors (Lipinski definition) is 2. The van der Waals surface area contributed by atoms with E-state index in [4.69, 9.17) is 16.7 Å². The molecule has 1 heterocycles. The maximum atomic E-state index is 10.9. The monoisotopic (exact) mass is 340 g/mol. The zero-order chi connectivity index (χ0) is 14.0. The van der Waals surface area contributed by atoms with Gasteiger partial charge in [-0.15, -0.1) is 0 Å². The van der Waals surface area contributed by atoms with E-state index in [2.05, 4.69) is 26.2 Å². The lowest BCUT2D eigenvalue weighted by atomic mass is 10.2. The lowest BCUT2D eigenvalue weighted by Gasteiger charge is -2.08. The number of rotatable bonds is 3. The Hall–Kier alpha value is -1.59. The number of carbonyl (C=O) groups is 1. The highest BCUT2D eigenvalue weighted by atomic mass is 79.9. The Balaban J connectivity index is 2.32. The van der Waals surface area contributed by atoms with E-state index in [-0.39, 0.29) is 10.7 Å². The normalized spacial score (nSPS) is 10.3. The Morgan fingerprint density at radius 1 is 1.37 bits per heavy atom. The minimum Gasteiger partial charge on any atom is -0.478 e. The Kier molecular flexibility index (Phi) is 4.07. The van der Waals surface area contributed by atoms with E-state index in [0.717, 1.165) is 15.7 Å². The predicted molar refractivity (Wildman–Crippen MR) is 78.4 cm³/mol. The van der Waals surface area contributed by atoms with Crippen molar-refractivity contribution in [3.05, 3.63) is 51.1 Å². The highest BCUT2D eigenvalue weighted by Gasteiger charge is 2.08. The molecule has 0 bridgehead atoms. The zero-order valence-electron chi connectivity index (χ0n) is 9.95. The Bertz CT molecular complexity index is 647. The van der Waals surface area contributed by atoms with Crippen molar-refractivity contribution in [1.82, 2.24) is 4.98 Å². The number of aryl methyl sites for hydroxylation is 1. The number of pyridine rings is 1. The van der Waals surface area contributed by atoms with Crippen LogP contribution in [0.15, 0.2) is 34.8 Å². The molecule has 1 aromatic carbocycles. The summed E-state index contributed by atoms with van der Waals surface area (Å²) in [5.74, 6) is -0.647. The first kappa shape index (κ1) is 13.8. The molecular formula is C13H10BrClN2O2. The Labute approximate surface area is 123 Å². The molecule has 19 heavy (non-hydrogen) atoms. The van der Waals surface area contributed by atoms with Gasteiger partial charge in [0, 0.05) is 10.2 Å². The van der Waals surface area contributed by atoms with Crippen LogP contribution in [0.1, 0.15) is 15.9 Å². The van der Waals surface area contributed by atoms with Crippen LogP contribution < -0.4 is 5.32 Å². The zero-order valence-corrected chi connectivity index (χ0v) is 12.3. The topological polar surface area (TPSA) is 62.2 Å². The summed E-state index contributed by atoms with van der Waals surface area (Å²) in [6.45, 7) is 1.96. The SMILES string of the molecule is Cc1cc(Nc2cc(C(=O)O)cc(Cl)n2)ccc1Br. The Morgan fingerprint density at radius 3 is 2.74 bits per heavy atom. The number of benzene rings is 1. The quantitative estimate of drug-likeness (QED) is 0.819. The van der Waals surface area contributed by atoms with Crippen molar-refractivity contribution in [3.63, 3.8) is 0 Å². The summed E-state index contributed by atoms with van der Waals surface area (Å²) >= 11 is 9.21. The first-order chi connectivity index (χ1) is 8.95. The molecule has 0 aliphatic carbocycles. The molecule has 0 aliphatic rings. The fourth-order valence-electron chi connectivity index (χ4n) is 1.55. The largest absolute Gasteiger partial charge is 0.478 e. The third kappa shape index (κ3) is 3.45. The van der Waals surface area contributed by atoms with Crippen LogP contribution in [0.25, 0.3) is 0 Å². The van der Waals surface area contributed by atoms with Gasteiger partial charge in [-0.3, -0.25) is 0 Å². The summed E-state index contributed by atoms with van der Waals surface area (Å²) in [6, 6.07) is 8.43. The van der Waals surface area contributed by atoms with E-state index >= 15 is 0 Å². The van der Waals surface area contributed by atoms with E-state index in [9.17, 15) is 4.79 Å². The summed E-state index contributed by atoms with van der Waals surface area (Å²) in [5, 5.41) is 12.1. The van der Waals surface area contributed by atoms with E-state index in [1.165, 1.54) is 12.1 Å². The van der Waals surface area contributed by atoms with Crippen LogP contribution in [0.2, 0.25) is 5.15 Å². The summed E-state index contributed by atoms with van der Waals surface area (Å²) in [6.07, 6.45) is 0. The molecule has 0 atom stereocenters. The molecule has 98 valence electrons. The second kappa shape index (κ2) is 5.59. The van der Waals surface area contributed by atoms with E-state index < -0.39 is 5.97 Å². The average molecular weight is 342 g/mol. The summed E-state index contributed by atoms with van der Waals surface area (Å²) in [7, 11) is 0. The number of nitrogens with one attached hydrogen (secondary N) is 1. The van der Waals surface area contributed by atoms with Crippen molar-refractivity contribution in [2.45, 2.75) is 6.92 Å². The van der Waals surface area contributed by atoms with Crippen molar-refractivity contribution >= 4 is 45.0 Å². The van der Waals surface area contributed by atoms with Crippen molar-refractivity contribution in [2.24, 2.45) is 0 Å². The standard InChI is InChI=1S/C13H10BrClN2O2/c1-7-4-9(2-3-10(7)14)16-12-6-8(13(18)19)5-11(15)17-12/h2-6H,1H3,(H,16,17)(H,18,19). The van der Waals surface area contributed by atoms with Gasteiger partial charge in [0.1, 0.15) is 11.0 Å². The number of nitrogens with zero attached hydrogens (tertiary/aromatic N) is 1. The van der Waals surface area contributed by atoms with Gasteiger partial charge < -0.3 is 10.4 Å². The number of aromatic carboxylic acids is 1. The minimum absolute atomic E-state index is 0.0938. The molecule has 2 rings (SSSR count). The lowest BCUT2D eigenvalue weighted by molar-refractivity contribution is 0.0697. The average Bonchev–Trinajstić information content (AvgIpc) is 2.33. The first-order valence-electron chi connectivity index (χ1n) is 5.40. The highest BCUT2D eigenvalue weighted by Crippen LogP contribution is 2.23. The van der Waals surface area contributed by atoms with Crippen LogP contribution in [-0.4, -0.2) is 16.1 Å². The van der Waals surface area contributed by atoms with Crippen LogP contribution in [0.4, 0.5) is 11.5 Å². The molecular weight excluding hydrogens is 332 g/mol. The first-order valence-corrected chi connectivity index (χ1v) is 6.57. The molecule has 4 nitrogen and oxygen atoms in total. The van der Waals surface area contributed by atoms with E-state index in [0.29, 0.717) is 5.82 Å². The van der Waals surface area contributed by atoms with E-state index in [1.807, 2.05) is 25.1 Å². The lowest BCUT2D eigenvalue weighted by Crippen LogP contribution is -2.01. The van der Waals surface area contributed by atoms with Crippen LogP contribution in [0, 0.1) is 6.92 Å². The molecule has 0 unspecified atom stereocenters. The van der Waals surface area contributed by atoms with Crippen molar-refractivity contribution in [1.29, 1.82) is 0 Å². The Morgan fingerprint density at radius 2 is 2.11 bits per heavy atom. The molecule has 0 spiro atoms. The number of hydrogen-bond acceptors (Lipinski definition) is 3. The van der Waals surface area contributed by atoms with Gasteiger partial charge in [0.25, 0.3) is 0 Å². The van der Waals surface area contributed by atoms with Gasteiger partial charge in [0.2, 0.25) is 0 Å².